The number of aryl methyl sites for hydroxylation is 1. The molecule has 4 heteroatoms. The molecule has 2 aromatic carbocycles. The highest BCUT2D eigenvalue weighted by molar-refractivity contribution is 6.01. The number of carbonyl (C=O) groups excluding carboxylic acids is 1. The molecule has 0 radical (unpaired) electrons. The Labute approximate surface area is 122 Å². The van der Waals surface area contributed by atoms with E-state index in [0.29, 0.717) is 18.2 Å². The number of benzene rings is 2. The topological polar surface area (TPSA) is 52.3 Å². The largest absolute Gasteiger partial charge is 0.460 e. The predicted molar refractivity (Wildman–Crippen MR) is 80.1 cm³/mol. The van der Waals surface area contributed by atoms with Crippen LogP contribution in [-0.4, -0.2) is 17.6 Å². The van der Waals surface area contributed by atoms with Gasteiger partial charge in [0, 0.05) is 12.5 Å². The summed E-state index contributed by atoms with van der Waals surface area (Å²) in [6, 6.07) is 13.9. The molecule has 0 unspecified atom stereocenters. The van der Waals surface area contributed by atoms with Crippen molar-refractivity contribution in [2.75, 3.05) is 6.61 Å². The lowest BCUT2D eigenvalue weighted by Crippen LogP contribution is -2.05. The minimum atomic E-state index is -0.485. The van der Waals surface area contributed by atoms with Crippen molar-refractivity contribution in [2.45, 2.75) is 13.8 Å². The van der Waals surface area contributed by atoms with Crippen molar-refractivity contribution in [3.63, 3.8) is 0 Å². The first-order valence-electron chi connectivity index (χ1n) is 6.83. The summed E-state index contributed by atoms with van der Waals surface area (Å²) in [5.41, 5.74) is 1.40. The van der Waals surface area contributed by atoms with Gasteiger partial charge in [0.2, 0.25) is 5.76 Å². The zero-order valence-electron chi connectivity index (χ0n) is 11.9. The predicted octanol–water partition coefficient (Wildman–Crippen LogP) is 3.98. The lowest BCUT2D eigenvalue weighted by Gasteiger charge is -2.05. The van der Waals surface area contributed by atoms with Crippen molar-refractivity contribution >= 4 is 16.7 Å². The van der Waals surface area contributed by atoms with Crippen LogP contribution in [0.25, 0.3) is 22.0 Å². The maximum Gasteiger partial charge on any atom is 0.376 e. The van der Waals surface area contributed by atoms with E-state index in [-0.39, 0.29) is 5.76 Å². The van der Waals surface area contributed by atoms with E-state index in [1.807, 2.05) is 42.5 Å². The van der Waals surface area contributed by atoms with E-state index < -0.39 is 5.97 Å². The SMILES string of the molecule is CCOC(=O)c1oc(C)nc1-c1cccc2ccccc12. The molecule has 4 nitrogen and oxygen atoms in total. The summed E-state index contributed by atoms with van der Waals surface area (Å²) < 4.78 is 10.5. The van der Waals surface area contributed by atoms with Gasteiger partial charge < -0.3 is 9.15 Å². The number of rotatable bonds is 3. The van der Waals surface area contributed by atoms with Crippen LogP contribution >= 0.6 is 0 Å². The number of esters is 1. The average Bonchev–Trinajstić information content (AvgIpc) is 2.89. The van der Waals surface area contributed by atoms with Gasteiger partial charge in [-0.1, -0.05) is 42.5 Å². The Morgan fingerprint density at radius 1 is 1.19 bits per heavy atom. The first kappa shape index (κ1) is 13.4. The van der Waals surface area contributed by atoms with Crippen LogP contribution in [0.1, 0.15) is 23.4 Å². The number of carbonyl (C=O) groups is 1. The molecule has 3 aromatic rings. The average molecular weight is 281 g/mol. The Kier molecular flexibility index (Phi) is 3.44. The van der Waals surface area contributed by atoms with Crippen LogP contribution in [-0.2, 0) is 4.74 Å². The molecule has 0 bridgehead atoms. The monoisotopic (exact) mass is 281 g/mol. The minimum absolute atomic E-state index is 0.158. The Bertz CT molecular complexity index is 799. The minimum Gasteiger partial charge on any atom is -0.460 e. The molecule has 0 amide bonds. The molecule has 0 N–H and O–H groups in total. The third-order valence-corrected chi connectivity index (χ3v) is 3.24. The Morgan fingerprint density at radius 3 is 2.76 bits per heavy atom. The smallest absolute Gasteiger partial charge is 0.376 e. The molecule has 1 heterocycles. The highest BCUT2D eigenvalue weighted by atomic mass is 16.5. The molecule has 106 valence electrons. The number of ether oxygens (including phenoxy) is 1. The van der Waals surface area contributed by atoms with Gasteiger partial charge in [0.05, 0.1) is 6.61 Å². The molecular formula is C17H15NO3. The zero-order valence-corrected chi connectivity index (χ0v) is 11.9. The fourth-order valence-electron chi connectivity index (χ4n) is 2.38. The molecule has 21 heavy (non-hydrogen) atoms. The fraction of sp³-hybridized carbons (Fsp3) is 0.176. The molecule has 0 spiro atoms. The summed E-state index contributed by atoms with van der Waals surface area (Å²) in [4.78, 5) is 16.4. The van der Waals surface area contributed by atoms with Gasteiger partial charge in [0.25, 0.3) is 0 Å². The number of hydrogen-bond donors (Lipinski definition) is 0. The Balaban J connectivity index is 2.21. The van der Waals surface area contributed by atoms with Crippen molar-refractivity contribution in [3.05, 3.63) is 54.1 Å². The molecule has 0 aliphatic carbocycles. The lowest BCUT2D eigenvalue weighted by atomic mass is 10.0. The molecule has 3 rings (SSSR count). The first-order chi connectivity index (χ1) is 10.2. The number of hydrogen-bond acceptors (Lipinski definition) is 4. The summed E-state index contributed by atoms with van der Waals surface area (Å²) >= 11 is 0. The molecule has 0 aliphatic rings. The van der Waals surface area contributed by atoms with Gasteiger partial charge in [-0.3, -0.25) is 0 Å². The molecular weight excluding hydrogens is 266 g/mol. The molecule has 0 fully saturated rings. The Morgan fingerprint density at radius 2 is 1.95 bits per heavy atom. The second kappa shape index (κ2) is 5.40. The van der Waals surface area contributed by atoms with Crippen LogP contribution in [0.5, 0.6) is 0 Å². The normalized spacial score (nSPS) is 10.8. The van der Waals surface area contributed by atoms with E-state index in [1.54, 1.807) is 13.8 Å². The third-order valence-electron chi connectivity index (χ3n) is 3.24. The number of aromatic nitrogens is 1. The highest BCUT2D eigenvalue weighted by Crippen LogP contribution is 2.31. The van der Waals surface area contributed by atoms with Crippen LogP contribution in [0.15, 0.2) is 46.9 Å². The summed E-state index contributed by atoms with van der Waals surface area (Å²) in [5.74, 6) is 0.118. The fourth-order valence-corrected chi connectivity index (χ4v) is 2.38. The zero-order chi connectivity index (χ0) is 14.8. The van der Waals surface area contributed by atoms with E-state index in [2.05, 4.69) is 4.98 Å². The summed E-state index contributed by atoms with van der Waals surface area (Å²) in [6.45, 7) is 3.78. The summed E-state index contributed by atoms with van der Waals surface area (Å²) in [7, 11) is 0. The number of oxazole rings is 1. The van der Waals surface area contributed by atoms with Crippen molar-refractivity contribution in [1.29, 1.82) is 0 Å². The van der Waals surface area contributed by atoms with E-state index in [9.17, 15) is 4.79 Å². The van der Waals surface area contributed by atoms with Crippen LogP contribution < -0.4 is 0 Å². The van der Waals surface area contributed by atoms with Crippen molar-refractivity contribution in [3.8, 4) is 11.3 Å². The molecule has 0 atom stereocenters. The molecule has 0 aliphatic heterocycles. The van der Waals surface area contributed by atoms with Crippen molar-refractivity contribution in [2.24, 2.45) is 0 Å². The van der Waals surface area contributed by atoms with Crippen LogP contribution in [0.2, 0.25) is 0 Å². The Hall–Kier alpha value is -2.62. The second-order valence-corrected chi connectivity index (χ2v) is 4.66. The van der Waals surface area contributed by atoms with E-state index in [1.165, 1.54) is 0 Å². The van der Waals surface area contributed by atoms with E-state index in [4.69, 9.17) is 9.15 Å². The van der Waals surface area contributed by atoms with Crippen molar-refractivity contribution in [1.82, 2.24) is 4.98 Å². The second-order valence-electron chi connectivity index (χ2n) is 4.66. The van der Waals surface area contributed by atoms with Crippen LogP contribution in [0, 0.1) is 6.92 Å². The van der Waals surface area contributed by atoms with E-state index >= 15 is 0 Å². The highest BCUT2D eigenvalue weighted by Gasteiger charge is 2.22. The lowest BCUT2D eigenvalue weighted by molar-refractivity contribution is 0.0490. The maximum absolute atomic E-state index is 12.0. The van der Waals surface area contributed by atoms with Gasteiger partial charge in [0.15, 0.2) is 5.89 Å². The molecule has 1 aromatic heterocycles. The summed E-state index contributed by atoms with van der Waals surface area (Å²) in [5, 5.41) is 2.12. The van der Waals surface area contributed by atoms with Gasteiger partial charge in [0.1, 0.15) is 5.69 Å². The van der Waals surface area contributed by atoms with Gasteiger partial charge in [-0.2, -0.15) is 0 Å². The number of fused-ring (bicyclic) bond motifs is 1. The standard InChI is InChI=1S/C17H15NO3/c1-3-20-17(19)16-15(18-11(2)21-16)14-10-6-8-12-7-4-5-9-13(12)14/h4-10H,3H2,1-2H3. The molecule has 0 saturated carbocycles. The van der Waals surface area contributed by atoms with E-state index in [0.717, 1.165) is 16.3 Å². The van der Waals surface area contributed by atoms with Crippen molar-refractivity contribution < 1.29 is 13.9 Å². The maximum atomic E-state index is 12.0. The van der Waals surface area contributed by atoms with Gasteiger partial charge in [-0.15, -0.1) is 0 Å². The van der Waals surface area contributed by atoms with Crippen LogP contribution in [0.4, 0.5) is 0 Å². The third kappa shape index (κ3) is 2.40. The van der Waals surface area contributed by atoms with Gasteiger partial charge in [-0.25, -0.2) is 9.78 Å². The van der Waals surface area contributed by atoms with Gasteiger partial charge in [-0.05, 0) is 17.7 Å². The van der Waals surface area contributed by atoms with Gasteiger partial charge >= 0.3 is 5.97 Å². The molecule has 0 saturated heterocycles. The quantitative estimate of drug-likeness (QED) is 0.681. The van der Waals surface area contributed by atoms with Crippen LogP contribution in [0.3, 0.4) is 0 Å². The first-order valence-corrected chi connectivity index (χ1v) is 6.83. The number of nitrogens with zero attached hydrogens (tertiary/aromatic N) is 1. The summed E-state index contributed by atoms with van der Waals surface area (Å²) in [6.07, 6.45) is 0.